The standard InChI is InChI=1S/C18H28ClNO2/c1-15(16-7-9-17(19)10-8-16)22-14-18(21)13-20-11-5-3-2-4-6-12-20/h7-10,15,18,21H,2-6,11-14H2,1H3/p+1/t15-,18+/m1/s1. The van der Waals surface area contributed by atoms with Gasteiger partial charge >= 0.3 is 0 Å². The lowest BCUT2D eigenvalue weighted by Gasteiger charge is -2.24. The Labute approximate surface area is 139 Å². The number of likely N-dealkylation sites (tertiary alicyclic amines) is 1. The molecule has 4 heteroatoms. The van der Waals surface area contributed by atoms with Crippen molar-refractivity contribution in [3.05, 3.63) is 34.9 Å². The highest BCUT2D eigenvalue weighted by Gasteiger charge is 2.17. The molecule has 22 heavy (non-hydrogen) atoms. The van der Waals surface area contributed by atoms with Crippen LogP contribution < -0.4 is 4.90 Å². The zero-order chi connectivity index (χ0) is 15.8. The van der Waals surface area contributed by atoms with Crippen molar-refractivity contribution >= 4 is 11.6 Å². The number of ether oxygens (including phenoxy) is 1. The Morgan fingerprint density at radius 1 is 1.09 bits per heavy atom. The minimum absolute atomic E-state index is 0.0192. The van der Waals surface area contributed by atoms with Crippen molar-refractivity contribution in [3.8, 4) is 0 Å². The highest BCUT2D eigenvalue weighted by Crippen LogP contribution is 2.19. The van der Waals surface area contributed by atoms with Gasteiger partial charge in [-0.2, -0.15) is 0 Å². The molecule has 0 unspecified atom stereocenters. The Morgan fingerprint density at radius 3 is 2.32 bits per heavy atom. The molecule has 124 valence electrons. The lowest BCUT2D eigenvalue weighted by molar-refractivity contribution is -0.904. The number of benzene rings is 1. The van der Waals surface area contributed by atoms with Crippen LogP contribution in [0.25, 0.3) is 0 Å². The van der Waals surface area contributed by atoms with Gasteiger partial charge in [-0.1, -0.05) is 30.2 Å². The SMILES string of the molecule is C[C@@H](OC[C@@H](O)C[NH+]1CCCCCCC1)c1ccc(Cl)cc1. The summed E-state index contributed by atoms with van der Waals surface area (Å²) in [6.45, 7) is 5.58. The lowest BCUT2D eigenvalue weighted by atomic mass is 10.1. The van der Waals surface area contributed by atoms with Gasteiger partial charge in [0, 0.05) is 5.02 Å². The van der Waals surface area contributed by atoms with Gasteiger partial charge in [-0.25, -0.2) is 0 Å². The smallest absolute Gasteiger partial charge is 0.126 e. The second-order valence-electron chi connectivity index (χ2n) is 6.40. The number of hydrogen-bond acceptors (Lipinski definition) is 2. The molecule has 1 aliphatic rings. The van der Waals surface area contributed by atoms with Crippen molar-refractivity contribution in [3.63, 3.8) is 0 Å². The highest BCUT2D eigenvalue weighted by molar-refractivity contribution is 6.30. The van der Waals surface area contributed by atoms with Gasteiger partial charge in [-0.05, 0) is 50.3 Å². The van der Waals surface area contributed by atoms with E-state index in [1.54, 1.807) is 0 Å². The van der Waals surface area contributed by atoms with Crippen LogP contribution in [0.1, 0.15) is 50.7 Å². The summed E-state index contributed by atoms with van der Waals surface area (Å²) in [6, 6.07) is 7.70. The van der Waals surface area contributed by atoms with E-state index in [9.17, 15) is 5.11 Å². The molecule has 0 spiro atoms. The third-order valence-electron chi connectivity index (χ3n) is 4.46. The molecule has 2 rings (SSSR count). The molecule has 1 heterocycles. The van der Waals surface area contributed by atoms with Gasteiger partial charge in [0.05, 0.1) is 25.8 Å². The summed E-state index contributed by atoms with van der Waals surface area (Å²) in [7, 11) is 0. The number of aliphatic hydroxyl groups is 1. The summed E-state index contributed by atoms with van der Waals surface area (Å²) >= 11 is 5.89. The third kappa shape index (κ3) is 6.25. The van der Waals surface area contributed by atoms with Crippen LogP contribution in [0.2, 0.25) is 5.02 Å². The van der Waals surface area contributed by atoms with Crippen molar-refractivity contribution < 1.29 is 14.7 Å². The van der Waals surface area contributed by atoms with Crippen LogP contribution in [-0.2, 0) is 4.74 Å². The van der Waals surface area contributed by atoms with E-state index < -0.39 is 0 Å². The van der Waals surface area contributed by atoms with Crippen LogP contribution in [0.5, 0.6) is 0 Å². The fourth-order valence-corrected chi connectivity index (χ4v) is 3.21. The quantitative estimate of drug-likeness (QED) is 0.842. The first-order valence-corrected chi connectivity index (χ1v) is 8.91. The molecule has 3 nitrogen and oxygen atoms in total. The molecular formula is C18H29ClNO2+. The maximum atomic E-state index is 10.2. The Kier molecular flexibility index (Phi) is 7.67. The number of rotatable bonds is 6. The predicted molar refractivity (Wildman–Crippen MR) is 90.5 cm³/mol. The van der Waals surface area contributed by atoms with Gasteiger partial charge in [0.1, 0.15) is 12.6 Å². The zero-order valence-corrected chi connectivity index (χ0v) is 14.3. The second-order valence-corrected chi connectivity index (χ2v) is 6.84. The molecule has 0 aromatic heterocycles. The molecule has 1 aromatic carbocycles. The maximum absolute atomic E-state index is 10.2. The van der Waals surface area contributed by atoms with Crippen molar-refractivity contribution in [2.75, 3.05) is 26.2 Å². The molecule has 2 atom stereocenters. The van der Waals surface area contributed by atoms with E-state index >= 15 is 0 Å². The van der Waals surface area contributed by atoms with Gasteiger partial charge in [-0.15, -0.1) is 0 Å². The summed E-state index contributed by atoms with van der Waals surface area (Å²) in [4.78, 5) is 1.52. The van der Waals surface area contributed by atoms with E-state index in [-0.39, 0.29) is 12.2 Å². The van der Waals surface area contributed by atoms with Crippen molar-refractivity contribution in [2.45, 2.75) is 51.2 Å². The van der Waals surface area contributed by atoms with Crippen LogP contribution in [-0.4, -0.2) is 37.5 Å². The van der Waals surface area contributed by atoms with E-state index in [2.05, 4.69) is 0 Å². The summed E-state index contributed by atoms with van der Waals surface area (Å²) in [5.41, 5.74) is 1.09. The molecule has 0 aliphatic carbocycles. The third-order valence-corrected chi connectivity index (χ3v) is 4.71. The fraction of sp³-hybridized carbons (Fsp3) is 0.667. The minimum atomic E-state index is -0.385. The number of aliphatic hydroxyl groups excluding tert-OH is 1. The summed E-state index contributed by atoms with van der Waals surface area (Å²) < 4.78 is 5.82. The number of nitrogens with one attached hydrogen (secondary N) is 1. The summed E-state index contributed by atoms with van der Waals surface area (Å²) in [5, 5.41) is 11.0. The van der Waals surface area contributed by atoms with E-state index in [0.29, 0.717) is 6.61 Å². The van der Waals surface area contributed by atoms with Crippen molar-refractivity contribution in [1.29, 1.82) is 0 Å². The second kappa shape index (κ2) is 9.51. The Morgan fingerprint density at radius 2 is 1.68 bits per heavy atom. The molecular weight excluding hydrogens is 298 g/mol. The molecule has 0 radical (unpaired) electrons. The predicted octanol–water partition coefficient (Wildman–Crippen LogP) is 2.63. The van der Waals surface area contributed by atoms with Crippen molar-refractivity contribution in [1.82, 2.24) is 0 Å². The van der Waals surface area contributed by atoms with Gasteiger partial charge in [0.25, 0.3) is 0 Å². The Bertz CT molecular complexity index is 416. The summed E-state index contributed by atoms with van der Waals surface area (Å²) in [5.74, 6) is 0. The Hall–Kier alpha value is -0.610. The van der Waals surface area contributed by atoms with E-state index in [0.717, 1.165) is 17.1 Å². The minimum Gasteiger partial charge on any atom is -0.385 e. The van der Waals surface area contributed by atoms with Crippen LogP contribution >= 0.6 is 11.6 Å². The first-order valence-electron chi connectivity index (χ1n) is 8.54. The van der Waals surface area contributed by atoms with E-state index in [4.69, 9.17) is 16.3 Å². The van der Waals surface area contributed by atoms with Crippen molar-refractivity contribution in [2.24, 2.45) is 0 Å². The van der Waals surface area contributed by atoms with Gasteiger partial charge in [0.15, 0.2) is 0 Å². The van der Waals surface area contributed by atoms with E-state index in [1.807, 2.05) is 31.2 Å². The molecule has 1 saturated heterocycles. The van der Waals surface area contributed by atoms with E-state index in [1.165, 1.54) is 50.1 Å². The lowest BCUT2D eigenvalue weighted by Crippen LogP contribution is -3.13. The number of halogens is 1. The fourth-order valence-electron chi connectivity index (χ4n) is 3.09. The van der Waals surface area contributed by atoms with Crippen LogP contribution in [0, 0.1) is 0 Å². The molecule has 1 aliphatic heterocycles. The Balaban J connectivity index is 1.71. The monoisotopic (exact) mass is 326 g/mol. The highest BCUT2D eigenvalue weighted by atomic mass is 35.5. The van der Waals surface area contributed by atoms with Gasteiger partial charge in [-0.3, -0.25) is 0 Å². The average molecular weight is 327 g/mol. The van der Waals surface area contributed by atoms with Gasteiger partial charge < -0.3 is 14.7 Å². The molecule has 1 fully saturated rings. The molecule has 2 N–H and O–H groups in total. The topological polar surface area (TPSA) is 33.9 Å². The summed E-state index contributed by atoms with van der Waals surface area (Å²) in [6.07, 6.45) is 6.21. The number of hydrogen-bond donors (Lipinski definition) is 2. The maximum Gasteiger partial charge on any atom is 0.126 e. The first-order chi connectivity index (χ1) is 10.6. The first kappa shape index (κ1) is 17.7. The molecule has 0 amide bonds. The van der Waals surface area contributed by atoms with Gasteiger partial charge in [0.2, 0.25) is 0 Å². The van der Waals surface area contributed by atoms with Crippen LogP contribution in [0.3, 0.4) is 0 Å². The normalized spacial score (nSPS) is 20.1. The van der Waals surface area contributed by atoms with Crippen LogP contribution in [0.15, 0.2) is 24.3 Å². The molecule has 0 bridgehead atoms. The average Bonchev–Trinajstić information content (AvgIpc) is 2.48. The molecule has 0 saturated carbocycles. The number of quaternary nitrogens is 1. The van der Waals surface area contributed by atoms with Crippen LogP contribution in [0.4, 0.5) is 0 Å². The molecule has 1 aromatic rings. The zero-order valence-electron chi connectivity index (χ0n) is 13.6. The largest absolute Gasteiger partial charge is 0.385 e.